The summed E-state index contributed by atoms with van der Waals surface area (Å²) in [5.74, 6) is 0.0655. The maximum Gasteiger partial charge on any atom is 0.328 e. The van der Waals surface area contributed by atoms with E-state index >= 15 is 0 Å². The van der Waals surface area contributed by atoms with Crippen molar-refractivity contribution >= 4 is 5.97 Å². The van der Waals surface area contributed by atoms with Crippen LogP contribution in [-0.4, -0.2) is 23.7 Å². The fourth-order valence-electron chi connectivity index (χ4n) is 1.72. The molecule has 0 aliphatic heterocycles. The first-order chi connectivity index (χ1) is 7.11. The molecule has 0 bridgehead atoms. The fraction of sp³-hybridized carbons (Fsp3) is 0.750. The highest BCUT2D eigenvalue weighted by Crippen LogP contribution is 2.33. The standard InChI is InChI=1S/C12H21NO2/c1-3-11(7-10-4-5-10)13-8-9(2)6-12(14)15/h6,10-11,13H,3-5,7-8H2,1-2H3,(H,14,15). The zero-order valence-electron chi connectivity index (χ0n) is 9.62. The molecule has 0 saturated heterocycles. The number of carboxylic acid groups (broad SMARTS) is 1. The SMILES string of the molecule is CCC(CC1CC1)NCC(C)=CC(=O)O. The van der Waals surface area contributed by atoms with Crippen molar-refractivity contribution in [3.8, 4) is 0 Å². The van der Waals surface area contributed by atoms with E-state index in [2.05, 4.69) is 12.2 Å². The summed E-state index contributed by atoms with van der Waals surface area (Å²) in [6, 6.07) is 0.551. The topological polar surface area (TPSA) is 49.3 Å². The average Bonchev–Trinajstić information content (AvgIpc) is 2.94. The third-order valence-electron chi connectivity index (χ3n) is 2.85. The Hall–Kier alpha value is -0.830. The Bertz CT molecular complexity index is 244. The van der Waals surface area contributed by atoms with Gasteiger partial charge >= 0.3 is 5.97 Å². The number of carbonyl (C=O) groups is 1. The molecule has 0 heterocycles. The number of nitrogens with one attached hydrogen (secondary N) is 1. The average molecular weight is 211 g/mol. The highest BCUT2D eigenvalue weighted by Gasteiger charge is 2.24. The van der Waals surface area contributed by atoms with Gasteiger partial charge in [-0.05, 0) is 25.7 Å². The van der Waals surface area contributed by atoms with Gasteiger partial charge in [0.1, 0.15) is 0 Å². The van der Waals surface area contributed by atoms with Crippen LogP contribution in [0.5, 0.6) is 0 Å². The van der Waals surface area contributed by atoms with Crippen molar-refractivity contribution in [1.29, 1.82) is 0 Å². The second kappa shape index (κ2) is 5.91. The molecule has 3 heteroatoms. The maximum absolute atomic E-state index is 10.4. The predicted molar refractivity (Wildman–Crippen MR) is 60.8 cm³/mol. The summed E-state index contributed by atoms with van der Waals surface area (Å²) >= 11 is 0. The van der Waals surface area contributed by atoms with Crippen LogP contribution in [0.1, 0.15) is 39.5 Å². The van der Waals surface area contributed by atoms with Gasteiger partial charge in [-0.25, -0.2) is 4.79 Å². The van der Waals surface area contributed by atoms with Crippen molar-refractivity contribution in [2.45, 2.75) is 45.6 Å². The Morgan fingerprint density at radius 1 is 1.60 bits per heavy atom. The van der Waals surface area contributed by atoms with Gasteiger partial charge < -0.3 is 10.4 Å². The Morgan fingerprint density at radius 3 is 2.73 bits per heavy atom. The molecule has 0 amide bonds. The molecule has 1 atom stereocenters. The van der Waals surface area contributed by atoms with Crippen molar-refractivity contribution in [2.75, 3.05) is 6.54 Å². The van der Waals surface area contributed by atoms with E-state index in [9.17, 15) is 4.79 Å². The minimum atomic E-state index is -0.857. The monoisotopic (exact) mass is 211 g/mol. The molecule has 0 spiro atoms. The summed E-state index contributed by atoms with van der Waals surface area (Å²) in [6.07, 6.45) is 6.40. The van der Waals surface area contributed by atoms with Crippen molar-refractivity contribution < 1.29 is 9.90 Å². The van der Waals surface area contributed by atoms with Crippen LogP contribution < -0.4 is 5.32 Å². The summed E-state index contributed by atoms with van der Waals surface area (Å²) in [5, 5.41) is 12.0. The van der Waals surface area contributed by atoms with Crippen molar-refractivity contribution in [3.63, 3.8) is 0 Å². The van der Waals surface area contributed by atoms with Crippen molar-refractivity contribution in [2.24, 2.45) is 5.92 Å². The summed E-state index contributed by atoms with van der Waals surface area (Å²) in [5.41, 5.74) is 0.886. The molecule has 1 aliphatic carbocycles. The second-order valence-electron chi connectivity index (χ2n) is 4.49. The summed E-state index contributed by atoms with van der Waals surface area (Å²) in [6.45, 7) is 4.72. The van der Waals surface area contributed by atoms with E-state index in [0.29, 0.717) is 12.6 Å². The molecule has 2 N–H and O–H groups in total. The lowest BCUT2D eigenvalue weighted by Gasteiger charge is -2.16. The molecule has 0 aromatic rings. The summed E-state index contributed by atoms with van der Waals surface area (Å²) in [7, 11) is 0. The van der Waals surface area contributed by atoms with Crippen LogP contribution in [0, 0.1) is 5.92 Å². The van der Waals surface area contributed by atoms with Gasteiger partial charge in [0.05, 0.1) is 0 Å². The first-order valence-electron chi connectivity index (χ1n) is 5.75. The van der Waals surface area contributed by atoms with Gasteiger partial charge in [-0.1, -0.05) is 25.3 Å². The van der Waals surface area contributed by atoms with E-state index in [0.717, 1.165) is 17.9 Å². The van der Waals surface area contributed by atoms with Gasteiger partial charge in [-0.15, -0.1) is 0 Å². The lowest BCUT2D eigenvalue weighted by molar-refractivity contribution is -0.131. The lowest BCUT2D eigenvalue weighted by atomic mass is 10.1. The number of hydrogen-bond acceptors (Lipinski definition) is 2. The molecule has 1 fully saturated rings. The van der Waals surface area contributed by atoms with Crippen LogP contribution in [0.4, 0.5) is 0 Å². The molecule has 1 unspecified atom stereocenters. The molecular formula is C12H21NO2. The number of carboxylic acids is 1. The van der Waals surface area contributed by atoms with Gasteiger partial charge in [0.15, 0.2) is 0 Å². The highest BCUT2D eigenvalue weighted by molar-refractivity contribution is 5.80. The lowest BCUT2D eigenvalue weighted by Crippen LogP contribution is -2.30. The molecule has 0 aromatic heterocycles. The van der Waals surface area contributed by atoms with Gasteiger partial charge in [-0.2, -0.15) is 0 Å². The molecule has 15 heavy (non-hydrogen) atoms. The van der Waals surface area contributed by atoms with E-state index < -0.39 is 5.97 Å². The summed E-state index contributed by atoms with van der Waals surface area (Å²) < 4.78 is 0. The third kappa shape index (κ3) is 5.57. The number of rotatable bonds is 7. The van der Waals surface area contributed by atoms with E-state index in [1.807, 2.05) is 6.92 Å². The van der Waals surface area contributed by atoms with Gasteiger partial charge in [0, 0.05) is 18.7 Å². The van der Waals surface area contributed by atoms with Crippen LogP contribution in [0.25, 0.3) is 0 Å². The maximum atomic E-state index is 10.4. The Labute approximate surface area is 91.6 Å². The Morgan fingerprint density at radius 2 is 2.27 bits per heavy atom. The van der Waals surface area contributed by atoms with Crippen LogP contribution in [0.3, 0.4) is 0 Å². The number of aliphatic carboxylic acids is 1. The molecule has 0 aromatic carbocycles. The highest BCUT2D eigenvalue weighted by atomic mass is 16.4. The van der Waals surface area contributed by atoms with Crippen LogP contribution >= 0.6 is 0 Å². The zero-order valence-corrected chi connectivity index (χ0v) is 9.62. The van der Waals surface area contributed by atoms with E-state index in [1.165, 1.54) is 25.3 Å². The van der Waals surface area contributed by atoms with E-state index in [4.69, 9.17) is 5.11 Å². The molecule has 0 radical (unpaired) electrons. The molecule has 86 valence electrons. The van der Waals surface area contributed by atoms with Crippen LogP contribution in [-0.2, 0) is 4.79 Å². The van der Waals surface area contributed by atoms with Crippen LogP contribution in [0.15, 0.2) is 11.6 Å². The molecule has 3 nitrogen and oxygen atoms in total. The Balaban J connectivity index is 2.23. The Kier molecular flexibility index (Phi) is 4.82. The quantitative estimate of drug-likeness (QED) is 0.635. The largest absolute Gasteiger partial charge is 0.478 e. The minimum Gasteiger partial charge on any atom is -0.478 e. The van der Waals surface area contributed by atoms with Crippen LogP contribution in [0.2, 0.25) is 0 Å². The zero-order chi connectivity index (χ0) is 11.3. The van der Waals surface area contributed by atoms with Gasteiger partial charge in [-0.3, -0.25) is 0 Å². The van der Waals surface area contributed by atoms with Gasteiger partial charge in [0.2, 0.25) is 0 Å². The minimum absolute atomic E-state index is 0.551. The molecule has 1 rings (SSSR count). The first kappa shape index (κ1) is 12.2. The predicted octanol–water partition coefficient (Wildman–Crippen LogP) is 2.19. The molecule has 1 saturated carbocycles. The smallest absolute Gasteiger partial charge is 0.328 e. The fourth-order valence-corrected chi connectivity index (χ4v) is 1.72. The summed E-state index contributed by atoms with van der Waals surface area (Å²) in [4.78, 5) is 10.4. The number of hydrogen-bond donors (Lipinski definition) is 2. The molecular weight excluding hydrogens is 190 g/mol. The second-order valence-corrected chi connectivity index (χ2v) is 4.49. The normalized spacial score (nSPS) is 18.9. The van der Waals surface area contributed by atoms with Crippen molar-refractivity contribution in [1.82, 2.24) is 5.32 Å². The first-order valence-corrected chi connectivity index (χ1v) is 5.75. The van der Waals surface area contributed by atoms with Gasteiger partial charge in [0.25, 0.3) is 0 Å². The van der Waals surface area contributed by atoms with Crippen molar-refractivity contribution in [3.05, 3.63) is 11.6 Å². The van der Waals surface area contributed by atoms with E-state index in [-0.39, 0.29) is 0 Å². The third-order valence-corrected chi connectivity index (χ3v) is 2.85. The van der Waals surface area contributed by atoms with E-state index in [1.54, 1.807) is 0 Å². The molecule has 1 aliphatic rings.